The SMILES string of the molecule is Cc1cc(Cl)ccc1OCC(=O)NC1CCCCC1CN.Cl. The van der Waals surface area contributed by atoms with E-state index in [2.05, 4.69) is 5.32 Å². The maximum Gasteiger partial charge on any atom is 0.258 e. The van der Waals surface area contributed by atoms with Crippen molar-refractivity contribution in [3.05, 3.63) is 28.8 Å². The molecule has 1 saturated carbocycles. The minimum atomic E-state index is -0.0882. The maximum atomic E-state index is 12.0. The van der Waals surface area contributed by atoms with Crippen LogP contribution in [-0.4, -0.2) is 25.1 Å². The van der Waals surface area contributed by atoms with Gasteiger partial charge in [-0.25, -0.2) is 0 Å². The molecule has 0 spiro atoms. The van der Waals surface area contributed by atoms with Crippen LogP contribution in [0, 0.1) is 12.8 Å². The van der Waals surface area contributed by atoms with Gasteiger partial charge < -0.3 is 15.8 Å². The van der Waals surface area contributed by atoms with Crippen molar-refractivity contribution in [2.24, 2.45) is 11.7 Å². The molecule has 1 aromatic carbocycles. The van der Waals surface area contributed by atoms with E-state index in [-0.39, 0.29) is 31.0 Å². The zero-order valence-corrected chi connectivity index (χ0v) is 14.4. The van der Waals surface area contributed by atoms with Gasteiger partial charge in [-0.1, -0.05) is 24.4 Å². The van der Waals surface area contributed by atoms with Gasteiger partial charge in [-0.3, -0.25) is 4.79 Å². The van der Waals surface area contributed by atoms with Crippen LogP contribution in [-0.2, 0) is 4.79 Å². The summed E-state index contributed by atoms with van der Waals surface area (Å²) in [5, 5.41) is 3.72. The summed E-state index contributed by atoms with van der Waals surface area (Å²) in [6, 6.07) is 5.55. The van der Waals surface area contributed by atoms with E-state index in [0.717, 1.165) is 24.8 Å². The van der Waals surface area contributed by atoms with Crippen LogP contribution < -0.4 is 15.8 Å². The Labute approximate surface area is 143 Å². The van der Waals surface area contributed by atoms with Crippen LogP contribution in [0.1, 0.15) is 31.2 Å². The third-order valence-electron chi connectivity index (χ3n) is 4.05. The van der Waals surface area contributed by atoms with Gasteiger partial charge in [0.15, 0.2) is 6.61 Å². The van der Waals surface area contributed by atoms with E-state index >= 15 is 0 Å². The summed E-state index contributed by atoms with van der Waals surface area (Å²) in [4.78, 5) is 12.0. The second-order valence-corrected chi connectivity index (χ2v) is 6.09. The number of carbonyl (C=O) groups is 1. The number of nitrogens with one attached hydrogen (secondary N) is 1. The first-order valence-electron chi connectivity index (χ1n) is 7.48. The van der Waals surface area contributed by atoms with Gasteiger partial charge in [-0.15, -0.1) is 12.4 Å². The molecule has 1 aromatic rings. The molecule has 1 aliphatic carbocycles. The molecule has 0 bridgehead atoms. The Morgan fingerprint density at radius 3 is 2.82 bits per heavy atom. The first-order chi connectivity index (χ1) is 10.1. The summed E-state index contributed by atoms with van der Waals surface area (Å²) in [5.74, 6) is 0.989. The van der Waals surface area contributed by atoms with Crippen molar-refractivity contribution in [3.63, 3.8) is 0 Å². The summed E-state index contributed by atoms with van der Waals surface area (Å²) >= 11 is 5.89. The Balaban J connectivity index is 0.00000242. The monoisotopic (exact) mass is 346 g/mol. The van der Waals surface area contributed by atoms with Crippen LogP contribution in [0.5, 0.6) is 5.75 Å². The van der Waals surface area contributed by atoms with Crippen molar-refractivity contribution in [2.45, 2.75) is 38.6 Å². The lowest BCUT2D eigenvalue weighted by Gasteiger charge is -2.31. The zero-order chi connectivity index (χ0) is 15.2. The van der Waals surface area contributed by atoms with Crippen molar-refractivity contribution < 1.29 is 9.53 Å². The number of ether oxygens (including phenoxy) is 1. The molecule has 3 N–H and O–H groups in total. The zero-order valence-electron chi connectivity index (χ0n) is 12.8. The van der Waals surface area contributed by atoms with Crippen molar-refractivity contribution in [1.29, 1.82) is 0 Å². The van der Waals surface area contributed by atoms with Crippen molar-refractivity contribution in [3.8, 4) is 5.75 Å². The van der Waals surface area contributed by atoms with Gasteiger partial charge in [0, 0.05) is 11.1 Å². The van der Waals surface area contributed by atoms with E-state index < -0.39 is 0 Å². The Morgan fingerprint density at radius 2 is 2.14 bits per heavy atom. The largest absolute Gasteiger partial charge is 0.484 e. The van der Waals surface area contributed by atoms with Gasteiger partial charge in [0.1, 0.15) is 5.75 Å². The van der Waals surface area contributed by atoms with Gasteiger partial charge in [-0.05, 0) is 56.0 Å². The van der Waals surface area contributed by atoms with Crippen molar-refractivity contribution >= 4 is 29.9 Å². The predicted octanol–water partition coefficient (Wildman–Crippen LogP) is 3.08. The highest BCUT2D eigenvalue weighted by Gasteiger charge is 2.25. The normalized spacial score (nSPS) is 20.9. The minimum Gasteiger partial charge on any atom is -0.484 e. The molecule has 22 heavy (non-hydrogen) atoms. The Kier molecular flexibility index (Phi) is 8.01. The standard InChI is InChI=1S/C16H23ClN2O2.ClH/c1-11-8-13(17)6-7-15(11)21-10-16(20)19-14-5-3-2-4-12(14)9-18;/h6-8,12,14H,2-5,9-10,18H2,1H3,(H,19,20);1H. The molecule has 0 saturated heterocycles. The van der Waals surface area contributed by atoms with E-state index in [1.54, 1.807) is 12.1 Å². The molecule has 0 aliphatic heterocycles. The van der Waals surface area contributed by atoms with Gasteiger partial charge >= 0.3 is 0 Å². The summed E-state index contributed by atoms with van der Waals surface area (Å²) in [7, 11) is 0. The number of halogens is 2. The van der Waals surface area contributed by atoms with Crippen LogP contribution in [0.3, 0.4) is 0 Å². The molecule has 0 heterocycles. The van der Waals surface area contributed by atoms with Gasteiger partial charge in [0.05, 0.1) is 0 Å². The molecule has 2 rings (SSSR count). The molecule has 2 unspecified atom stereocenters. The van der Waals surface area contributed by atoms with Gasteiger partial charge in [-0.2, -0.15) is 0 Å². The van der Waals surface area contributed by atoms with Crippen LogP contribution in [0.2, 0.25) is 5.02 Å². The topological polar surface area (TPSA) is 64.3 Å². The Morgan fingerprint density at radius 1 is 1.41 bits per heavy atom. The quantitative estimate of drug-likeness (QED) is 0.860. The van der Waals surface area contributed by atoms with Gasteiger partial charge in [0.2, 0.25) is 0 Å². The Hall–Kier alpha value is -0.970. The molecule has 0 radical (unpaired) electrons. The van der Waals surface area contributed by atoms with Crippen molar-refractivity contribution in [1.82, 2.24) is 5.32 Å². The smallest absolute Gasteiger partial charge is 0.258 e. The summed E-state index contributed by atoms with van der Waals surface area (Å²) in [6.45, 7) is 2.56. The minimum absolute atomic E-state index is 0. The molecule has 1 amide bonds. The van der Waals surface area contributed by atoms with Crippen LogP contribution >= 0.6 is 24.0 Å². The molecule has 4 nitrogen and oxygen atoms in total. The Bertz CT molecular complexity index is 497. The molecule has 6 heteroatoms. The van der Waals surface area contributed by atoms with Gasteiger partial charge in [0.25, 0.3) is 5.91 Å². The lowest BCUT2D eigenvalue weighted by atomic mass is 9.84. The average Bonchev–Trinajstić information content (AvgIpc) is 2.47. The lowest BCUT2D eigenvalue weighted by Crippen LogP contribution is -2.46. The average molecular weight is 347 g/mol. The molecule has 0 aromatic heterocycles. The number of benzene rings is 1. The van der Waals surface area contributed by atoms with E-state index in [1.807, 2.05) is 13.0 Å². The summed E-state index contributed by atoms with van der Waals surface area (Å²) in [6.07, 6.45) is 4.46. The fourth-order valence-electron chi connectivity index (χ4n) is 2.85. The third-order valence-corrected chi connectivity index (χ3v) is 4.29. The molecular formula is C16H24Cl2N2O2. The molecule has 1 aliphatic rings. The first kappa shape index (κ1) is 19.1. The second-order valence-electron chi connectivity index (χ2n) is 5.65. The third kappa shape index (κ3) is 5.34. The van der Waals surface area contributed by atoms with E-state index in [9.17, 15) is 4.79 Å². The lowest BCUT2D eigenvalue weighted by molar-refractivity contribution is -0.124. The fourth-order valence-corrected chi connectivity index (χ4v) is 3.07. The van der Waals surface area contributed by atoms with E-state index in [1.165, 1.54) is 6.42 Å². The fraction of sp³-hybridized carbons (Fsp3) is 0.562. The molecule has 2 atom stereocenters. The van der Waals surface area contributed by atoms with Crippen LogP contribution in [0.15, 0.2) is 18.2 Å². The number of amides is 1. The van der Waals surface area contributed by atoms with Crippen LogP contribution in [0.25, 0.3) is 0 Å². The van der Waals surface area contributed by atoms with E-state index in [4.69, 9.17) is 22.1 Å². The maximum absolute atomic E-state index is 12.0. The number of nitrogens with two attached hydrogens (primary N) is 1. The highest BCUT2D eigenvalue weighted by Crippen LogP contribution is 2.24. The summed E-state index contributed by atoms with van der Waals surface area (Å²) in [5.41, 5.74) is 6.70. The predicted molar refractivity (Wildman–Crippen MR) is 91.9 cm³/mol. The molecule has 124 valence electrons. The number of hydrogen-bond donors (Lipinski definition) is 2. The number of hydrogen-bond acceptors (Lipinski definition) is 3. The number of rotatable bonds is 5. The van der Waals surface area contributed by atoms with E-state index in [0.29, 0.717) is 23.2 Å². The second kappa shape index (κ2) is 9.23. The van der Waals surface area contributed by atoms with Crippen LogP contribution in [0.4, 0.5) is 0 Å². The highest BCUT2D eigenvalue weighted by atomic mass is 35.5. The number of carbonyl (C=O) groups excluding carboxylic acids is 1. The van der Waals surface area contributed by atoms with Crippen molar-refractivity contribution in [2.75, 3.05) is 13.2 Å². The summed E-state index contributed by atoms with van der Waals surface area (Å²) < 4.78 is 5.56. The highest BCUT2D eigenvalue weighted by molar-refractivity contribution is 6.30. The first-order valence-corrected chi connectivity index (χ1v) is 7.86. The number of aryl methyl sites for hydroxylation is 1. The molecule has 1 fully saturated rings. The molecular weight excluding hydrogens is 323 g/mol.